The van der Waals surface area contributed by atoms with Crippen LogP contribution in [0.1, 0.15) is 50.3 Å². The van der Waals surface area contributed by atoms with Gasteiger partial charge < -0.3 is 5.32 Å². The molecular weight excluding hydrogens is 294 g/mol. The molecule has 0 atom stereocenters. The Labute approximate surface area is 144 Å². The van der Waals surface area contributed by atoms with Crippen molar-refractivity contribution in [3.05, 3.63) is 83.6 Å². The van der Waals surface area contributed by atoms with Gasteiger partial charge in [0.15, 0.2) is 5.78 Å². The van der Waals surface area contributed by atoms with Gasteiger partial charge in [-0.3, -0.25) is 4.79 Å². The van der Waals surface area contributed by atoms with Crippen molar-refractivity contribution in [1.29, 1.82) is 0 Å². The van der Waals surface area contributed by atoms with Crippen molar-refractivity contribution in [2.45, 2.75) is 39.2 Å². The topological polar surface area (TPSA) is 29.1 Å². The minimum atomic E-state index is 0.0559. The van der Waals surface area contributed by atoms with Crippen LogP contribution in [0, 0.1) is 5.41 Å². The molecule has 2 nitrogen and oxygen atoms in total. The van der Waals surface area contributed by atoms with Crippen molar-refractivity contribution < 1.29 is 4.79 Å². The summed E-state index contributed by atoms with van der Waals surface area (Å²) in [4.78, 5) is 12.1. The van der Waals surface area contributed by atoms with Crippen LogP contribution >= 0.6 is 0 Å². The zero-order valence-electron chi connectivity index (χ0n) is 14.5. The summed E-state index contributed by atoms with van der Waals surface area (Å²) in [7, 11) is 0. The van der Waals surface area contributed by atoms with Gasteiger partial charge in [-0.2, -0.15) is 0 Å². The third-order valence-electron chi connectivity index (χ3n) is 4.65. The van der Waals surface area contributed by atoms with Gasteiger partial charge in [0.05, 0.1) is 6.04 Å². The fraction of sp³-hybridized carbons (Fsp3) is 0.318. The van der Waals surface area contributed by atoms with Crippen molar-refractivity contribution in [2.24, 2.45) is 5.41 Å². The van der Waals surface area contributed by atoms with Gasteiger partial charge in [0.2, 0.25) is 0 Å². The molecule has 1 aliphatic rings. The number of allylic oxidation sites excluding steroid dienone is 2. The average Bonchev–Trinajstić information content (AvgIpc) is 2.72. The van der Waals surface area contributed by atoms with E-state index in [4.69, 9.17) is 0 Å². The number of hydrogen-bond donors (Lipinski definition) is 1. The molecule has 2 aromatic carbocycles. The van der Waals surface area contributed by atoms with Crippen molar-refractivity contribution in [2.75, 3.05) is 0 Å². The first-order valence-corrected chi connectivity index (χ1v) is 8.63. The van der Waals surface area contributed by atoms with Crippen LogP contribution in [0.3, 0.4) is 0 Å². The zero-order valence-corrected chi connectivity index (χ0v) is 14.5. The van der Waals surface area contributed by atoms with Gasteiger partial charge in [0, 0.05) is 18.2 Å². The van der Waals surface area contributed by atoms with E-state index in [1.165, 1.54) is 11.1 Å². The quantitative estimate of drug-likeness (QED) is 0.856. The molecule has 0 saturated heterocycles. The Hall–Kier alpha value is -2.35. The number of carbonyl (C=O) groups is 1. The Balaban J connectivity index is 1.93. The number of nitrogens with one attached hydrogen (secondary N) is 1. The van der Waals surface area contributed by atoms with Crippen LogP contribution in [0.15, 0.2) is 72.4 Å². The lowest BCUT2D eigenvalue weighted by molar-refractivity contribution is -0.114. The summed E-state index contributed by atoms with van der Waals surface area (Å²) in [5, 5.41) is 3.65. The minimum absolute atomic E-state index is 0.0559. The summed E-state index contributed by atoms with van der Waals surface area (Å²) in [6, 6.07) is 20.9. The highest BCUT2D eigenvalue weighted by Crippen LogP contribution is 2.34. The molecule has 0 aliphatic heterocycles. The SMILES string of the molecule is CC1(C)CCC(=O)C=C(NC(c2ccccc2)c2ccccc2)C1. The first kappa shape index (κ1) is 16.5. The zero-order chi connectivity index (χ0) is 17.0. The summed E-state index contributed by atoms with van der Waals surface area (Å²) < 4.78 is 0. The van der Waals surface area contributed by atoms with Crippen molar-refractivity contribution in [1.82, 2.24) is 5.32 Å². The normalized spacial score (nSPS) is 17.3. The van der Waals surface area contributed by atoms with Crippen LogP contribution < -0.4 is 5.32 Å². The third-order valence-corrected chi connectivity index (χ3v) is 4.65. The van der Waals surface area contributed by atoms with Crippen molar-refractivity contribution in [3.8, 4) is 0 Å². The van der Waals surface area contributed by atoms with E-state index in [1.54, 1.807) is 0 Å². The Morgan fingerprint density at radius 3 is 2.00 bits per heavy atom. The molecule has 24 heavy (non-hydrogen) atoms. The van der Waals surface area contributed by atoms with E-state index < -0.39 is 0 Å². The highest BCUT2D eigenvalue weighted by Gasteiger charge is 2.26. The number of ketones is 1. The maximum absolute atomic E-state index is 12.1. The summed E-state index contributed by atoms with van der Waals surface area (Å²) >= 11 is 0. The molecule has 1 aliphatic carbocycles. The first-order valence-electron chi connectivity index (χ1n) is 8.63. The molecule has 0 unspecified atom stereocenters. The number of carbonyl (C=O) groups excluding carboxylic acids is 1. The molecule has 2 aromatic rings. The van der Waals surface area contributed by atoms with Crippen molar-refractivity contribution in [3.63, 3.8) is 0 Å². The van der Waals surface area contributed by atoms with Crippen LogP contribution in [0.4, 0.5) is 0 Å². The fourth-order valence-corrected chi connectivity index (χ4v) is 3.31. The van der Waals surface area contributed by atoms with Crippen LogP contribution in [0.5, 0.6) is 0 Å². The van der Waals surface area contributed by atoms with E-state index in [0.717, 1.165) is 18.5 Å². The molecule has 0 radical (unpaired) electrons. The third kappa shape index (κ3) is 4.14. The van der Waals surface area contributed by atoms with Gasteiger partial charge in [-0.05, 0) is 29.4 Å². The van der Waals surface area contributed by atoms with Gasteiger partial charge in [-0.15, -0.1) is 0 Å². The highest BCUT2D eigenvalue weighted by atomic mass is 16.1. The highest BCUT2D eigenvalue weighted by molar-refractivity contribution is 5.90. The second-order valence-corrected chi connectivity index (χ2v) is 7.38. The predicted molar refractivity (Wildman–Crippen MR) is 98.6 cm³/mol. The molecule has 0 saturated carbocycles. The van der Waals surface area contributed by atoms with Crippen LogP contribution in [0.2, 0.25) is 0 Å². The second-order valence-electron chi connectivity index (χ2n) is 7.38. The van der Waals surface area contributed by atoms with Gasteiger partial charge in [0.25, 0.3) is 0 Å². The largest absolute Gasteiger partial charge is 0.377 e. The van der Waals surface area contributed by atoms with E-state index in [0.29, 0.717) is 6.42 Å². The molecule has 0 fully saturated rings. The lowest BCUT2D eigenvalue weighted by Crippen LogP contribution is -2.25. The number of hydrogen-bond acceptors (Lipinski definition) is 2. The second kappa shape index (κ2) is 7.04. The lowest BCUT2D eigenvalue weighted by atomic mass is 9.84. The van der Waals surface area contributed by atoms with Gasteiger partial charge >= 0.3 is 0 Å². The molecular formula is C22H25NO. The van der Waals surface area contributed by atoms with E-state index in [9.17, 15) is 4.79 Å². The molecule has 0 aromatic heterocycles. The maximum Gasteiger partial charge on any atom is 0.157 e. The monoisotopic (exact) mass is 319 g/mol. The molecule has 3 rings (SSSR count). The Morgan fingerprint density at radius 2 is 1.46 bits per heavy atom. The van der Waals surface area contributed by atoms with Gasteiger partial charge in [-0.1, -0.05) is 74.5 Å². The standard InChI is InChI=1S/C22H25NO/c1-22(2)14-13-20(24)15-19(16-22)23-21(17-9-5-3-6-10-17)18-11-7-4-8-12-18/h3-12,15,21,23H,13-14,16H2,1-2H3. The van der Waals surface area contributed by atoms with E-state index in [2.05, 4.69) is 67.7 Å². The molecule has 0 amide bonds. The Morgan fingerprint density at radius 1 is 0.917 bits per heavy atom. The van der Waals surface area contributed by atoms with E-state index in [-0.39, 0.29) is 17.2 Å². The van der Waals surface area contributed by atoms with Crippen LogP contribution in [-0.4, -0.2) is 5.78 Å². The minimum Gasteiger partial charge on any atom is -0.377 e. The average molecular weight is 319 g/mol. The molecule has 2 heteroatoms. The molecule has 0 spiro atoms. The summed E-state index contributed by atoms with van der Waals surface area (Å²) in [6.45, 7) is 4.47. The maximum atomic E-state index is 12.1. The van der Waals surface area contributed by atoms with Crippen LogP contribution in [0.25, 0.3) is 0 Å². The Kier molecular flexibility index (Phi) is 4.84. The molecule has 0 heterocycles. The summed E-state index contributed by atoms with van der Waals surface area (Å²) in [5.74, 6) is 0.225. The predicted octanol–water partition coefficient (Wildman–Crippen LogP) is 5.03. The van der Waals surface area contributed by atoms with Gasteiger partial charge in [0.1, 0.15) is 0 Å². The van der Waals surface area contributed by atoms with Crippen LogP contribution in [-0.2, 0) is 4.79 Å². The lowest BCUT2D eigenvalue weighted by Gasteiger charge is -2.27. The van der Waals surface area contributed by atoms with E-state index >= 15 is 0 Å². The fourth-order valence-electron chi connectivity index (χ4n) is 3.31. The Bertz CT molecular complexity index is 677. The molecule has 124 valence electrons. The van der Waals surface area contributed by atoms with Gasteiger partial charge in [-0.25, -0.2) is 0 Å². The molecule has 0 bridgehead atoms. The number of rotatable bonds is 4. The summed E-state index contributed by atoms with van der Waals surface area (Å²) in [5.41, 5.74) is 3.60. The van der Waals surface area contributed by atoms with Crippen molar-refractivity contribution >= 4 is 5.78 Å². The number of benzene rings is 2. The van der Waals surface area contributed by atoms with E-state index in [1.807, 2.05) is 18.2 Å². The molecule has 1 N–H and O–H groups in total. The smallest absolute Gasteiger partial charge is 0.157 e. The first-order chi connectivity index (χ1) is 11.5. The summed E-state index contributed by atoms with van der Waals surface area (Å²) in [6.07, 6.45) is 4.29.